The Kier molecular flexibility index (Phi) is 2.99. The number of rotatable bonds is 2. The molecule has 1 N–H and O–H groups in total. The van der Waals surface area contributed by atoms with Gasteiger partial charge in [0.15, 0.2) is 0 Å². The van der Waals surface area contributed by atoms with Crippen molar-refractivity contribution in [3.8, 4) is 0 Å². The van der Waals surface area contributed by atoms with E-state index in [0.717, 1.165) is 6.42 Å². The van der Waals surface area contributed by atoms with Gasteiger partial charge in [0.2, 0.25) is 5.91 Å². The van der Waals surface area contributed by atoms with Gasteiger partial charge in [0.1, 0.15) is 0 Å². The fourth-order valence-corrected chi connectivity index (χ4v) is 3.33. The van der Waals surface area contributed by atoms with Gasteiger partial charge in [0, 0.05) is 6.04 Å². The minimum absolute atomic E-state index is 0.00125. The van der Waals surface area contributed by atoms with Crippen LogP contribution in [0.25, 0.3) is 0 Å². The highest BCUT2D eigenvalue weighted by Crippen LogP contribution is 2.42. The van der Waals surface area contributed by atoms with Gasteiger partial charge in [-0.3, -0.25) is 10.1 Å². The van der Waals surface area contributed by atoms with Gasteiger partial charge in [0.05, 0.1) is 12.2 Å². The molecule has 0 aromatic heterocycles. The van der Waals surface area contributed by atoms with E-state index in [0.29, 0.717) is 11.9 Å². The van der Waals surface area contributed by atoms with Crippen LogP contribution in [0.4, 0.5) is 0 Å². The van der Waals surface area contributed by atoms with Crippen molar-refractivity contribution in [1.29, 1.82) is 0 Å². The predicted molar refractivity (Wildman–Crippen MR) is 64.9 cm³/mol. The Balaban J connectivity index is 2.21. The summed E-state index contributed by atoms with van der Waals surface area (Å²) in [5.41, 5.74) is 0.287. The van der Waals surface area contributed by atoms with Gasteiger partial charge in [-0.05, 0) is 31.6 Å². The van der Waals surface area contributed by atoms with Crippen molar-refractivity contribution in [2.75, 3.05) is 0 Å². The summed E-state index contributed by atoms with van der Waals surface area (Å²) in [7, 11) is 0. The summed E-state index contributed by atoms with van der Waals surface area (Å²) in [6, 6.07) is 0.434. The molecule has 3 atom stereocenters. The summed E-state index contributed by atoms with van der Waals surface area (Å²) < 4.78 is 0. The van der Waals surface area contributed by atoms with Crippen molar-refractivity contribution in [2.45, 2.75) is 71.6 Å². The lowest BCUT2D eigenvalue weighted by Crippen LogP contribution is -2.48. The molecule has 3 nitrogen and oxygen atoms in total. The van der Waals surface area contributed by atoms with Gasteiger partial charge in [-0.25, -0.2) is 0 Å². The largest absolute Gasteiger partial charge is 0.322 e. The second-order valence-corrected chi connectivity index (χ2v) is 5.95. The van der Waals surface area contributed by atoms with Crippen LogP contribution in [0.5, 0.6) is 0 Å². The van der Waals surface area contributed by atoms with Crippen LogP contribution in [0.3, 0.4) is 0 Å². The Labute approximate surface area is 98.6 Å². The van der Waals surface area contributed by atoms with E-state index in [1.54, 1.807) is 0 Å². The van der Waals surface area contributed by atoms with E-state index in [1.165, 1.54) is 19.3 Å². The second kappa shape index (κ2) is 4.02. The number of nitrogens with zero attached hydrogens (tertiary/aromatic N) is 1. The highest BCUT2D eigenvalue weighted by atomic mass is 16.2. The molecule has 16 heavy (non-hydrogen) atoms. The highest BCUT2D eigenvalue weighted by Gasteiger charge is 2.46. The quantitative estimate of drug-likeness (QED) is 0.779. The highest BCUT2D eigenvalue weighted by molar-refractivity contribution is 5.84. The van der Waals surface area contributed by atoms with Crippen molar-refractivity contribution in [2.24, 2.45) is 5.41 Å². The van der Waals surface area contributed by atoms with Crippen molar-refractivity contribution in [3.63, 3.8) is 0 Å². The Hall–Kier alpha value is -0.570. The van der Waals surface area contributed by atoms with Crippen LogP contribution in [-0.4, -0.2) is 29.1 Å². The molecule has 0 radical (unpaired) electrons. The molecule has 0 aromatic rings. The number of carbonyl (C=O) groups is 1. The zero-order valence-corrected chi connectivity index (χ0v) is 10.9. The van der Waals surface area contributed by atoms with Gasteiger partial charge in [-0.2, -0.15) is 0 Å². The standard InChI is InChI=1S/C13H24N2O/c1-5-11-14-9(2)12(16)15(11)10-7-6-8-13(10,3)4/h9-11,14H,5-8H2,1-4H3. The maximum absolute atomic E-state index is 12.2. The van der Waals surface area contributed by atoms with E-state index in [1.807, 2.05) is 6.92 Å². The molecular weight excluding hydrogens is 200 g/mol. The SMILES string of the molecule is CCC1NC(C)C(=O)N1C1CCCC1(C)C. The molecule has 92 valence electrons. The first-order chi connectivity index (χ1) is 7.47. The average molecular weight is 224 g/mol. The maximum Gasteiger partial charge on any atom is 0.240 e. The number of hydrogen-bond acceptors (Lipinski definition) is 2. The lowest BCUT2D eigenvalue weighted by atomic mass is 9.86. The van der Waals surface area contributed by atoms with E-state index >= 15 is 0 Å². The number of nitrogens with one attached hydrogen (secondary N) is 1. The van der Waals surface area contributed by atoms with Crippen LogP contribution >= 0.6 is 0 Å². The average Bonchev–Trinajstić information content (AvgIpc) is 2.69. The normalized spacial score (nSPS) is 38.4. The van der Waals surface area contributed by atoms with Crippen LogP contribution in [-0.2, 0) is 4.79 Å². The molecule has 1 aliphatic carbocycles. The minimum atomic E-state index is 0.00125. The molecule has 3 unspecified atom stereocenters. The second-order valence-electron chi connectivity index (χ2n) is 5.95. The first kappa shape index (κ1) is 11.9. The third kappa shape index (κ3) is 1.75. The van der Waals surface area contributed by atoms with E-state index in [9.17, 15) is 4.79 Å². The summed E-state index contributed by atoms with van der Waals surface area (Å²) in [6.07, 6.45) is 4.93. The zero-order valence-electron chi connectivity index (χ0n) is 10.9. The Bertz CT molecular complexity index is 288. The molecule has 1 amide bonds. The molecule has 0 aromatic carbocycles. The summed E-state index contributed by atoms with van der Waals surface area (Å²) in [6.45, 7) is 8.73. The predicted octanol–water partition coefficient (Wildman–Crippen LogP) is 2.12. The Morgan fingerprint density at radius 3 is 2.69 bits per heavy atom. The first-order valence-electron chi connectivity index (χ1n) is 6.55. The molecular formula is C13H24N2O. The lowest BCUT2D eigenvalue weighted by molar-refractivity contribution is -0.134. The fraction of sp³-hybridized carbons (Fsp3) is 0.923. The monoisotopic (exact) mass is 224 g/mol. The molecule has 1 heterocycles. The topological polar surface area (TPSA) is 32.3 Å². The Morgan fingerprint density at radius 2 is 2.19 bits per heavy atom. The zero-order chi connectivity index (χ0) is 11.9. The van der Waals surface area contributed by atoms with Crippen LogP contribution in [0, 0.1) is 5.41 Å². The first-order valence-corrected chi connectivity index (χ1v) is 6.55. The van der Waals surface area contributed by atoms with Gasteiger partial charge < -0.3 is 4.90 Å². The van der Waals surface area contributed by atoms with Crippen LogP contribution in [0.2, 0.25) is 0 Å². The minimum Gasteiger partial charge on any atom is -0.322 e. The summed E-state index contributed by atoms with van der Waals surface area (Å²) in [5.74, 6) is 0.298. The molecule has 0 spiro atoms. The molecule has 2 fully saturated rings. The van der Waals surface area contributed by atoms with Gasteiger partial charge >= 0.3 is 0 Å². The molecule has 2 rings (SSSR count). The van der Waals surface area contributed by atoms with E-state index in [4.69, 9.17) is 0 Å². The van der Waals surface area contributed by atoms with Gasteiger partial charge in [-0.15, -0.1) is 0 Å². The van der Waals surface area contributed by atoms with Gasteiger partial charge in [0.25, 0.3) is 0 Å². The molecule has 1 aliphatic heterocycles. The maximum atomic E-state index is 12.2. The van der Waals surface area contributed by atoms with Crippen LogP contribution in [0.1, 0.15) is 53.4 Å². The van der Waals surface area contributed by atoms with Crippen molar-refractivity contribution in [1.82, 2.24) is 10.2 Å². The fourth-order valence-electron chi connectivity index (χ4n) is 3.33. The van der Waals surface area contributed by atoms with Crippen molar-refractivity contribution in [3.05, 3.63) is 0 Å². The van der Waals surface area contributed by atoms with E-state index < -0.39 is 0 Å². The van der Waals surface area contributed by atoms with E-state index in [-0.39, 0.29) is 17.6 Å². The molecule has 1 saturated heterocycles. The summed E-state index contributed by atoms with van der Waals surface area (Å²) >= 11 is 0. The summed E-state index contributed by atoms with van der Waals surface area (Å²) in [5, 5.41) is 3.39. The third-order valence-electron chi connectivity index (χ3n) is 4.33. The number of amides is 1. The lowest BCUT2D eigenvalue weighted by Gasteiger charge is -2.38. The molecule has 1 saturated carbocycles. The summed E-state index contributed by atoms with van der Waals surface area (Å²) in [4.78, 5) is 14.3. The number of hydrogen-bond donors (Lipinski definition) is 1. The van der Waals surface area contributed by atoms with Crippen LogP contribution < -0.4 is 5.32 Å². The smallest absolute Gasteiger partial charge is 0.240 e. The third-order valence-corrected chi connectivity index (χ3v) is 4.33. The van der Waals surface area contributed by atoms with Crippen molar-refractivity contribution < 1.29 is 4.79 Å². The molecule has 2 aliphatic rings. The van der Waals surface area contributed by atoms with Crippen LogP contribution in [0.15, 0.2) is 0 Å². The van der Waals surface area contributed by atoms with E-state index in [2.05, 4.69) is 31.0 Å². The molecule has 3 heteroatoms. The molecule has 0 bridgehead atoms. The Morgan fingerprint density at radius 1 is 1.50 bits per heavy atom. The number of carbonyl (C=O) groups excluding carboxylic acids is 1. The van der Waals surface area contributed by atoms with Gasteiger partial charge in [-0.1, -0.05) is 27.2 Å². The van der Waals surface area contributed by atoms with Crippen molar-refractivity contribution >= 4 is 5.91 Å².